The zero-order valence-electron chi connectivity index (χ0n) is 16.4. The molecule has 162 valence electrons. The van der Waals surface area contributed by atoms with Crippen LogP contribution in [-0.4, -0.2) is 63.5 Å². The van der Waals surface area contributed by atoms with E-state index in [4.69, 9.17) is 21.1 Å². The first-order valence-electron chi connectivity index (χ1n) is 8.14. The fourth-order valence-corrected chi connectivity index (χ4v) is 3.09. The van der Waals surface area contributed by atoms with Crippen LogP contribution in [0.5, 0.6) is 11.8 Å². The van der Waals surface area contributed by atoms with Crippen molar-refractivity contribution in [3.8, 4) is 11.8 Å². The monoisotopic (exact) mass is 458 g/mol. The van der Waals surface area contributed by atoms with E-state index in [0.717, 1.165) is 0 Å². The lowest BCUT2D eigenvalue weighted by atomic mass is 10.1. The van der Waals surface area contributed by atoms with Crippen LogP contribution in [0.3, 0.4) is 0 Å². The minimum absolute atomic E-state index is 0.0380. The molecule has 0 unspecified atom stereocenters. The molecule has 0 aliphatic carbocycles. The van der Waals surface area contributed by atoms with E-state index in [0.29, 0.717) is 0 Å². The molecule has 2 rings (SSSR count). The largest absolute Gasteiger partial charge is 0.481 e. The molecule has 12 nitrogen and oxygen atoms in total. The lowest BCUT2D eigenvalue weighted by Crippen LogP contribution is -2.39. The number of amides is 3. The van der Waals surface area contributed by atoms with Crippen LogP contribution in [0.1, 0.15) is 10.4 Å². The number of benzene rings is 1. The average molecular weight is 459 g/mol. The SMILES string of the molecule is COc1cc(OC)nc(NC(=O)NS(=O)(=O)Nc2cc(Cl)ccc2C(=O)N(C)C)n1. The second-order valence-corrected chi connectivity index (χ2v) is 7.68. The Bertz CT molecular complexity index is 1040. The predicted molar refractivity (Wildman–Crippen MR) is 109 cm³/mol. The number of nitrogens with one attached hydrogen (secondary N) is 3. The van der Waals surface area contributed by atoms with Gasteiger partial charge in [0.2, 0.25) is 17.7 Å². The molecule has 2 aromatic rings. The Hall–Kier alpha value is -3.32. The summed E-state index contributed by atoms with van der Waals surface area (Å²) in [5.41, 5.74) is -0.0724. The van der Waals surface area contributed by atoms with E-state index in [1.807, 2.05) is 0 Å². The van der Waals surface area contributed by atoms with Gasteiger partial charge in [0.05, 0.1) is 31.5 Å². The number of nitrogens with zero attached hydrogens (tertiary/aromatic N) is 3. The predicted octanol–water partition coefficient (Wildman–Crippen LogP) is 1.33. The van der Waals surface area contributed by atoms with Crippen molar-refractivity contribution in [3.63, 3.8) is 0 Å². The summed E-state index contributed by atoms with van der Waals surface area (Å²) >= 11 is 5.90. The van der Waals surface area contributed by atoms with E-state index in [-0.39, 0.29) is 34.0 Å². The molecule has 1 aromatic carbocycles. The van der Waals surface area contributed by atoms with Crippen molar-refractivity contribution in [2.45, 2.75) is 0 Å². The molecule has 14 heteroatoms. The average Bonchev–Trinajstić information content (AvgIpc) is 2.66. The van der Waals surface area contributed by atoms with Gasteiger partial charge in [0, 0.05) is 19.1 Å². The van der Waals surface area contributed by atoms with E-state index < -0.39 is 22.1 Å². The highest BCUT2D eigenvalue weighted by Crippen LogP contribution is 2.23. The zero-order valence-corrected chi connectivity index (χ0v) is 18.0. The first kappa shape index (κ1) is 23.0. The van der Waals surface area contributed by atoms with Crippen molar-refractivity contribution >= 4 is 45.4 Å². The summed E-state index contributed by atoms with van der Waals surface area (Å²) in [5, 5.41) is 2.33. The molecule has 30 heavy (non-hydrogen) atoms. The van der Waals surface area contributed by atoms with Gasteiger partial charge in [0.1, 0.15) is 0 Å². The number of methoxy groups -OCH3 is 2. The number of urea groups is 1. The van der Waals surface area contributed by atoms with Crippen LogP contribution >= 0.6 is 11.6 Å². The van der Waals surface area contributed by atoms with Gasteiger partial charge in [0.15, 0.2) is 0 Å². The van der Waals surface area contributed by atoms with Crippen molar-refractivity contribution in [2.75, 3.05) is 38.4 Å². The number of halogens is 1. The molecule has 0 aliphatic heterocycles. The van der Waals surface area contributed by atoms with E-state index >= 15 is 0 Å². The van der Waals surface area contributed by atoms with E-state index in [1.165, 1.54) is 57.5 Å². The Kier molecular flexibility index (Phi) is 7.24. The third kappa shape index (κ3) is 6.09. The van der Waals surface area contributed by atoms with E-state index in [2.05, 4.69) is 20.0 Å². The third-order valence-corrected chi connectivity index (χ3v) is 4.59. The molecular formula is C16H19ClN6O6S. The van der Waals surface area contributed by atoms with Crippen LogP contribution in [0.15, 0.2) is 24.3 Å². The summed E-state index contributed by atoms with van der Waals surface area (Å²) in [6, 6.07) is 4.23. The Morgan fingerprint density at radius 2 is 1.67 bits per heavy atom. The maximum Gasteiger partial charge on any atom is 0.336 e. The Morgan fingerprint density at radius 1 is 1.07 bits per heavy atom. The first-order chi connectivity index (χ1) is 14.0. The van der Waals surface area contributed by atoms with Crippen LogP contribution < -0.4 is 24.2 Å². The Balaban J connectivity index is 2.19. The summed E-state index contributed by atoms with van der Waals surface area (Å²) in [5.74, 6) is -0.552. The van der Waals surface area contributed by atoms with Gasteiger partial charge in [-0.15, -0.1) is 0 Å². The van der Waals surface area contributed by atoms with E-state index in [9.17, 15) is 18.0 Å². The molecule has 0 spiro atoms. The van der Waals surface area contributed by atoms with Crippen molar-refractivity contribution in [3.05, 3.63) is 34.9 Å². The first-order valence-corrected chi connectivity index (χ1v) is 10.0. The van der Waals surface area contributed by atoms with Gasteiger partial charge < -0.3 is 14.4 Å². The molecular weight excluding hydrogens is 440 g/mol. The van der Waals surface area contributed by atoms with Crippen LogP contribution in [-0.2, 0) is 10.2 Å². The maximum absolute atomic E-state index is 12.4. The highest BCUT2D eigenvalue weighted by molar-refractivity contribution is 7.91. The number of rotatable bonds is 7. The summed E-state index contributed by atoms with van der Waals surface area (Å²) in [7, 11) is 1.25. The Labute approximate surface area is 177 Å². The van der Waals surface area contributed by atoms with Gasteiger partial charge >= 0.3 is 16.2 Å². The summed E-state index contributed by atoms with van der Waals surface area (Å²) in [6.07, 6.45) is 0. The van der Waals surface area contributed by atoms with Crippen molar-refractivity contribution < 1.29 is 27.5 Å². The van der Waals surface area contributed by atoms with Gasteiger partial charge in [-0.2, -0.15) is 18.4 Å². The minimum Gasteiger partial charge on any atom is -0.481 e. The fraction of sp³-hybridized carbons (Fsp3) is 0.250. The number of carbonyl (C=O) groups excluding carboxylic acids is 2. The summed E-state index contributed by atoms with van der Waals surface area (Å²) < 4.78 is 38.4. The molecule has 1 aromatic heterocycles. The second-order valence-electron chi connectivity index (χ2n) is 5.83. The number of hydrogen-bond acceptors (Lipinski definition) is 8. The number of anilines is 2. The minimum atomic E-state index is -4.44. The number of aromatic nitrogens is 2. The summed E-state index contributed by atoms with van der Waals surface area (Å²) in [4.78, 5) is 33.3. The van der Waals surface area contributed by atoms with Crippen LogP contribution in [0, 0.1) is 0 Å². The topological polar surface area (TPSA) is 152 Å². The normalized spacial score (nSPS) is 10.7. The van der Waals surface area contributed by atoms with Gasteiger partial charge in [-0.1, -0.05) is 11.6 Å². The second kappa shape index (κ2) is 9.45. The zero-order chi connectivity index (χ0) is 22.5. The third-order valence-electron chi connectivity index (χ3n) is 3.41. The van der Waals surface area contributed by atoms with Gasteiger partial charge in [-0.25, -0.2) is 9.52 Å². The molecule has 0 saturated heterocycles. The molecule has 0 radical (unpaired) electrons. The molecule has 0 aliphatic rings. The summed E-state index contributed by atoms with van der Waals surface area (Å²) in [6.45, 7) is 0. The lowest BCUT2D eigenvalue weighted by Gasteiger charge is -2.16. The Morgan fingerprint density at radius 3 is 2.20 bits per heavy atom. The number of carbonyl (C=O) groups is 2. The van der Waals surface area contributed by atoms with Crippen molar-refractivity contribution in [1.82, 2.24) is 19.6 Å². The molecule has 0 bridgehead atoms. The molecule has 1 heterocycles. The highest BCUT2D eigenvalue weighted by Gasteiger charge is 2.21. The molecule has 0 fully saturated rings. The van der Waals surface area contributed by atoms with Gasteiger partial charge in [-0.05, 0) is 18.2 Å². The molecule has 0 atom stereocenters. The lowest BCUT2D eigenvalue weighted by molar-refractivity contribution is 0.0828. The molecule has 3 amide bonds. The van der Waals surface area contributed by atoms with Gasteiger partial charge in [-0.3, -0.25) is 14.8 Å². The molecule has 0 saturated carbocycles. The quantitative estimate of drug-likeness (QED) is 0.561. The fourth-order valence-electron chi connectivity index (χ4n) is 2.12. The van der Waals surface area contributed by atoms with Crippen LogP contribution in [0.2, 0.25) is 5.02 Å². The smallest absolute Gasteiger partial charge is 0.336 e. The van der Waals surface area contributed by atoms with Crippen molar-refractivity contribution in [1.29, 1.82) is 0 Å². The number of hydrogen-bond donors (Lipinski definition) is 3. The number of ether oxygens (including phenoxy) is 2. The maximum atomic E-state index is 12.4. The van der Waals surface area contributed by atoms with Gasteiger partial charge in [0.25, 0.3) is 5.91 Å². The molecule has 3 N–H and O–H groups in total. The standard InChI is InChI=1S/C16H19ClN6O6S/c1-23(2)14(24)10-6-5-9(17)7-11(10)21-30(26,27)22-16(25)20-15-18-12(28-3)8-13(19-15)29-4/h5-8,21H,1-4H3,(H2,18,19,20,22,25). The van der Waals surface area contributed by atoms with Crippen LogP contribution in [0.4, 0.5) is 16.4 Å². The highest BCUT2D eigenvalue weighted by atomic mass is 35.5. The van der Waals surface area contributed by atoms with Crippen molar-refractivity contribution in [2.24, 2.45) is 0 Å². The van der Waals surface area contributed by atoms with Crippen LogP contribution in [0.25, 0.3) is 0 Å². The van der Waals surface area contributed by atoms with E-state index in [1.54, 1.807) is 4.72 Å².